The highest BCUT2D eigenvalue weighted by atomic mass is 15.4. The third kappa shape index (κ3) is 4.83. The minimum Gasteiger partial charge on any atom is -0.364 e. The van der Waals surface area contributed by atoms with Gasteiger partial charge in [0.15, 0.2) is 11.8 Å². The molecule has 4 rings (SSSR count). The predicted molar refractivity (Wildman–Crippen MR) is 122 cm³/mol. The number of nitrogens with one attached hydrogen (secondary N) is 2. The van der Waals surface area contributed by atoms with Crippen LogP contribution in [0.5, 0.6) is 0 Å². The molecule has 0 fully saturated rings. The summed E-state index contributed by atoms with van der Waals surface area (Å²) < 4.78 is 2.06. The maximum atomic E-state index is 4.85. The van der Waals surface area contributed by atoms with Crippen molar-refractivity contribution in [3.05, 3.63) is 53.6 Å². The summed E-state index contributed by atoms with van der Waals surface area (Å²) in [6.07, 6.45) is 6.42. The monoisotopic (exact) mass is 407 g/mol. The minimum absolute atomic E-state index is 0.305. The first-order valence-electron chi connectivity index (χ1n) is 11.1. The molecule has 0 spiro atoms. The summed E-state index contributed by atoms with van der Waals surface area (Å²) in [7, 11) is 0. The Bertz CT molecular complexity index is 904. The highest BCUT2D eigenvalue weighted by Gasteiger charge is 2.23. The largest absolute Gasteiger partial charge is 0.364 e. The fourth-order valence-corrected chi connectivity index (χ4v) is 3.91. The highest BCUT2D eigenvalue weighted by molar-refractivity contribution is 5.80. The van der Waals surface area contributed by atoms with Crippen LogP contribution in [0, 0.1) is 0 Å². The highest BCUT2D eigenvalue weighted by Crippen LogP contribution is 2.19. The molecular weight excluding hydrogens is 374 g/mol. The van der Waals surface area contributed by atoms with Gasteiger partial charge in [0.05, 0.1) is 13.1 Å². The van der Waals surface area contributed by atoms with Crippen LogP contribution in [-0.2, 0) is 19.5 Å². The molecule has 0 bridgehead atoms. The van der Waals surface area contributed by atoms with Crippen LogP contribution in [0.15, 0.2) is 41.4 Å². The van der Waals surface area contributed by atoms with Crippen LogP contribution in [0.25, 0.3) is 0 Å². The van der Waals surface area contributed by atoms with Gasteiger partial charge in [-0.25, -0.2) is 14.7 Å². The number of rotatable bonds is 6. The molecule has 0 saturated carbocycles. The molecule has 3 heterocycles. The number of aromatic nitrogens is 3. The van der Waals surface area contributed by atoms with Crippen LogP contribution in [-0.4, -0.2) is 46.4 Å². The van der Waals surface area contributed by atoms with E-state index in [1.807, 2.05) is 0 Å². The Morgan fingerprint density at radius 2 is 2.10 bits per heavy atom. The Morgan fingerprint density at radius 3 is 2.87 bits per heavy atom. The van der Waals surface area contributed by atoms with Crippen molar-refractivity contribution in [3.8, 4) is 0 Å². The summed E-state index contributed by atoms with van der Waals surface area (Å²) in [6.45, 7) is 10.7. The quantitative estimate of drug-likeness (QED) is 0.438. The van der Waals surface area contributed by atoms with Gasteiger partial charge in [0, 0.05) is 43.7 Å². The number of nitrogens with zero attached hydrogens (tertiary/aromatic N) is 5. The molecule has 2 aromatic rings. The minimum atomic E-state index is 0.305. The lowest BCUT2D eigenvalue weighted by Gasteiger charge is -2.25. The SMILES string of the molecule is CCNC(=NCc1cccc(N2CC=CC2)c1)NC1CCc2nc(C(C)C)nn2C1. The number of aryl methyl sites for hydroxylation is 1. The van der Waals surface area contributed by atoms with E-state index < -0.39 is 0 Å². The zero-order chi connectivity index (χ0) is 20.9. The van der Waals surface area contributed by atoms with E-state index in [-0.39, 0.29) is 0 Å². The second-order valence-corrected chi connectivity index (χ2v) is 8.34. The van der Waals surface area contributed by atoms with Gasteiger partial charge in [-0.3, -0.25) is 0 Å². The average molecular weight is 408 g/mol. The van der Waals surface area contributed by atoms with Crippen LogP contribution in [0.3, 0.4) is 0 Å². The van der Waals surface area contributed by atoms with E-state index in [1.54, 1.807) is 0 Å². The Morgan fingerprint density at radius 1 is 1.27 bits per heavy atom. The molecule has 30 heavy (non-hydrogen) atoms. The molecule has 0 aliphatic carbocycles. The van der Waals surface area contributed by atoms with Crippen molar-refractivity contribution in [3.63, 3.8) is 0 Å². The number of guanidine groups is 1. The van der Waals surface area contributed by atoms with Crippen LogP contribution in [0.4, 0.5) is 5.69 Å². The third-order valence-electron chi connectivity index (χ3n) is 5.59. The van der Waals surface area contributed by atoms with E-state index in [0.29, 0.717) is 18.5 Å². The molecular formula is C23H33N7. The fraction of sp³-hybridized carbons (Fsp3) is 0.522. The second-order valence-electron chi connectivity index (χ2n) is 8.34. The Hall–Kier alpha value is -2.83. The Balaban J connectivity index is 1.40. The molecule has 1 aromatic heterocycles. The third-order valence-corrected chi connectivity index (χ3v) is 5.59. The van der Waals surface area contributed by atoms with Crippen molar-refractivity contribution in [1.82, 2.24) is 25.4 Å². The summed E-state index contributed by atoms with van der Waals surface area (Å²) in [5.74, 6) is 3.27. The number of anilines is 1. The molecule has 1 unspecified atom stereocenters. The lowest BCUT2D eigenvalue weighted by molar-refractivity contribution is 0.391. The maximum absolute atomic E-state index is 4.85. The van der Waals surface area contributed by atoms with Crippen molar-refractivity contribution in [2.24, 2.45) is 4.99 Å². The van der Waals surface area contributed by atoms with E-state index in [1.165, 1.54) is 11.3 Å². The van der Waals surface area contributed by atoms with Gasteiger partial charge in [-0.15, -0.1) is 0 Å². The van der Waals surface area contributed by atoms with Crippen molar-refractivity contribution in [1.29, 1.82) is 0 Å². The fourth-order valence-electron chi connectivity index (χ4n) is 3.91. The van der Waals surface area contributed by atoms with Crippen molar-refractivity contribution in [2.45, 2.75) is 58.7 Å². The van der Waals surface area contributed by atoms with Gasteiger partial charge in [-0.05, 0) is 31.0 Å². The summed E-state index contributed by atoms with van der Waals surface area (Å²) in [4.78, 5) is 11.9. The van der Waals surface area contributed by atoms with Crippen LogP contribution in [0.2, 0.25) is 0 Å². The van der Waals surface area contributed by atoms with Gasteiger partial charge in [0.1, 0.15) is 5.82 Å². The number of aliphatic imine (C=N–C) groups is 1. The Labute approximate surface area is 179 Å². The van der Waals surface area contributed by atoms with Crippen LogP contribution < -0.4 is 15.5 Å². The lowest BCUT2D eigenvalue weighted by atomic mass is 10.1. The summed E-state index contributed by atoms with van der Waals surface area (Å²) in [6, 6.07) is 9.00. The van der Waals surface area contributed by atoms with Gasteiger partial charge in [-0.1, -0.05) is 38.1 Å². The van der Waals surface area contributed by atoms with E-state index >= 15 is 0 Å². The van der Waals surface area contributed by atoms with Gasteiger partial charge in [0.2, 0.25) is 0 Å². The van der Waals surface area contributed by atoms with Crippen molar-refractivity contribution in [2.75, 3.05) is 24.5 Å². The zero-order valence-corrected chi connectivity index (χ0v) is 18.3. The summed E-state index contributed by atoms with van der Waals surface area (Å²) in [5, 5.41) is 11.7. The second kappa shape index (κ2) is 9.32. The molecule has 160 valence electrons. The average Bonchev–Trinajstić information content (AvgIpc) is 3.42. The van der Waals surface area contributed by atoms with Gasteiger partial charge in [-0.2, -0.15) is 5.10 Å². The molecule has 7 nitrogen and oxygen atoms in total. The molecule has 1 atom stereocenters. The van der Waals surface area contributed by atoms with Gasteiger partial charge >= 0.3 is 0 Å². The molecule has 0 amide bonds. The predicted octanol–water partition coefficient (Wildman–Crippen LogP) is 2.85. The number of benzene rings is 1. The van der Waals surface area contributed by atoms with Gasteiger partial charge in [0.25, 0.3) is 0 Å². The Kier molecular flexibility index (Phi) is 6.35. The van der Waals surface area contributed by atoms with Crippen LogP contribution in [0.1, 0.15) is 50.3 Å². The van der Waals surface area contributed by atoms with E-state index in [9.17, 15) is 0 Å². The number of hydrogen-bond donors (Lipinski definition) is 2. The normalized spacial score (nSPS) is 18.7. The standard InChI is InChI=1S/C23H33N7/c1-4-24-23(25-15-18-8-7-9-20(14-18)29-12-5-6-13-29)26-19-10-11-21-27-22(17(2)3)28-30(21)16-19/h5-9,14,17,19H,4,10-13,15-16H2,1-3H3,(H2,24,25,26). The summed E-state index contributed by atoms with van der Waals surface area (Å²) >= 11 is 0. The van der Waals surface area contributed by atoms with Crippen LogP contribution >= 0.6 is 0 Å². The first kappa shape index (κ1) is 20.4. The summed E-state index contributed by atoms with van der Waals surface area (Å²) in [5.41, 5.74) is 2.48. The zero-order valence-electron chi connectivity index (χ0n) is 18.3. The first-order valence-corrected chi connectivity index (χ1v) is 11.1. The van der Waals surface area contributed by atoms with Crippen molar-refractivity contribution >= 4 is 11.6 Å². The van der Waals surface area contributed by atoms with E-state index in [0.717, 1.165) is 56.6 Å². The topological polar surface area (TPSA) is 70.4 Å². The molecule has 7 heteroatoms. The molecule has 2 N–H and O–H groups in total. The van der Waals surface area contributed by atoms with Crippen molar-refractivity contribution < 1.29 is 0 Å². The number of fused-ring (bicyclic) bond motifs is 1. The molecule has 0 radical (unpaired) electrons. The van der Waals surface area contributed by atoms with E-state index in [4.69, 9.17) is 10.1 Å². The van der Waals surface area contributed by atoms with Gasteiger partial charge < -0.3 is 15.5 Å². The smallest absolute Gasteiger partial charge is 0.191 e. The van der Waals surface area contributed by atoms with E-state index in [2.05, 4.69) is 82.4 Å². The maximum Gasteiger partial charge on any atom is 0.191 e. The molecule has 1 aromatic carbocycles. The molecule has 0 saturated heterocycles. The first-order chi connectivity index (χ1) is 14.6. The molecule has 2 aliphatic heterocycles. The lowest BCUT2D eigenvalue weighted by Crippen LogP contribution is -2.47. The number of hydrogen-bond acceptors (Lipinski definition) is 4. The molecule has 2 aliphatic rings.